The van der Waals surface area contributed by atoms with Crippen molar-refractivity contribution in [2.75, 3.05) is 20.2 Å². The van der Waals surface area contributed by atoms with Gasteiger partial charge in [0.05, 0.1) is 12.7 Å². The molecule has 2 atom stereocenters. The van der Waals surface area contributed by atoms with E-state index in [2.05, 4.69) is 12.2 Å². The molecule has 0 amide bonds. The Hall–Kier alpha value is -1.06. The second-order valence-corrected chi connectivity index (χ2v) is 4.98. The van der Waals surface area contributed by atoms with Crippen LogP contribution in [-0.2, 0) is 5.60 Å². The van der Waals surface area contributed by atoms with Gasteiger partial charge in [-0.3, -0.25) is 0 Å². The van der Waals surface area contributed by atoms with Crippen LogP contribution >= 0.6 is 0 Å². The van der Waals surface area contributed by atoms with Gasteiger partial charge in [0, 0.05) is 18.0 Å². The molecule has 3 heteroatoms. The van der Waals surface area contributed by atoms with Crippen molar-refractivity contribution in [2.45, 2.75) is 25.9 Å². The summed E-state index contributed by atoms with van der Waals surface area (Å²) in [4.78, 5) is 0. The summed E-state index contributed by atoms with van der Waals surface area (Å²) in [5.41, 5.74) is 1.30. The summed E-state index contributed by atoms with van der Waals surface area (Å²) in [6, 6.07) is 6.00. The molecule has 1 aliphatic heterocycles. The largest absolute Gasteiger partial charge is 0.496 e. The highest BCUT2D eigenvalue weighted by atomic mass is 16.5. The molecule has 1 aromatic carbocycles. The van der Waals surface area contributed by atoms with Crippen molar-refractivity contribution >= 4 is 0 Å². The molecule has 1 fully saturated rings. The molecule has 1 aromatic rings. The third-order valence-electron chi connectivity index (χ3n) is 3.77. The molecular weight excluding hydrogens is 214 g/mol. The third kappa shape index (κ3) is 2.17. The zero-order valence-corrected chi connectivity index (χ0v) is 10.8. The molecule has 2 unspecified atom stereocenters. The summed E-state index contributed by atoms with van der Waals surface area (Å²) in [6.07, 6.45) is 0.730. The fraction of sp³-hybridized carbons (Fsp3) is 0.571. The molecule has 0 aliphatic carbocycles. The number of ether oxygens (including phenoxy) is 1. The first-order valence-electron chi connectivity index (χ1n) is 6.16. The maximum Gasteiger partial charge on any atom is 0.124 e. The molecule has 0 bridgehead atoms. The second-order valence-electron chi connectivity index (χ2n) is 4.98. The van der Waals surface area contributed by atoms with E-state index in [1.165, 1.54) is 0 Å². The van der Waals surface area contributed by atoms with Crippen LogP contribution in [0.5, 0.6) is 5.75 Å². The average Bonchev–Trinajstić information content (AvgIpc) is 2.33. The highest BCUT2D eigenvalue weighted by Crippen LogP contribution is 2.40. The Morgan fingerprint density at radius 2 is 2.24 bits per heavy atom. The van der Waals surface area contributed by atoms with Crippen LogP contribution in [0.15, 0.2) is 18.2 Å². The first-order valence-corrected chi connectivity index (χ1v) is 6.16. The number of piperidine rings is 1. The molecule has 1 heterocycles. The van der Waals surface area contributed by atoms with Crippen molar-refractivity contribution in [2.24, 2.45) is 5.92 Å². The Labute approximate surface area is 103 Å². The number of aliphatic hydroxyl groups is 1. The molecule has 2 rings (SSSR count). The Bertz CT molecular complexity index is 405. The van der Waals surface area contributed by atoms with Crippen LogP contribution in [0.25, 0.3) is 0 Å². The Morgan fingerprint density at radius 3 is 2.88 bits per heavy atom. The molecule has 1 saturated heterocycles. The molecule has 1 aliphatic rings. The van der Waals surface area contributed by atoms with E-state index in [0.29, 0.717) is 0 Å². The lowest BCUT2D eigenvalue weighted by Crippen LogP contribution is -2.47. The fourth-order valence-corrected chi connectivity index (χ4v) is 2.57. The minimum atomic E-state index is -0.775. The van der Waals surface area contributed by atoms with Crippen LogP contribution < -0.4 is 10.1 Å². The van der Waals surface area contributed by atoms with E-state index in [1.807, 2.05) is 25.1 Å². The van der Waals surface area contributed by atoms with Crippen LogP contribution in [0, 0.1) is 12.8 Å². The van der Waals surface area contributed by atoms with Gasteiger partial charge in [-0.05, 0) is 32.0 Å². The van der Waals surface area contributed by atoms with Crippen LogP contribution in [0.1, 0.15) is 24.5 Å². The van der Waals surface area contributed by atoms with Crippen molar-refractivity contribution in [3.8, 4) is 5.75 Å². The summed E-state index contributed by atoms with van der Waals surface area (Å²) in [5.74, 6) is 0.971. The maximum absolute atomic E-state index is 10.9. The first kappa shape index (κ1) is 12.4. The minimum Gasteiger partial charge on any atom is -0.496 e. The average molecular weight is 235 g/mol. The molecule has 2 N–H and O–H groups in total. The second kappa shape index (κ2) is 4.67. The van der Waals surface area contributed by atoms with Crippen molar-refractivity contribution < 1.29 is 9.84 Å². The summed E-state index contributed by atoms with van der Waals surface area (Å²) in [7, 11) is 1.66. The summed E-state index contributed by atoms with van der Waals surface area (Å²) < 4.78 is 5.39. The topological polar surface area (TPSA) is 41.5 Å². The first-order chi connectivity index (χ1) is 8.08. The van der Waals surface area contributed by atoms with Gasteiger partial charge in [-0.25, -0.2) is 0 Å². The van der Waals surface area contributed by atoms with Crippen molar-refractivity contribution in [3.63, 3.8) is 0 Å². The number of benzene rings is 1. The zero-order chi connectivity index (χ0) is 12.5. The summed E-state index contributed by atoms with van der Waals surface area (Å²) in [6.45, 7) is 5.80. The highest BCUT2D eigenvalue weighted by molar-refractivity contribution is 5.41. The molecule has 94 valence electrons. The lowest BCUT2D eigenvalue weighted by Gasteiger charge is -2.39. The maximum atomic E-state index is 10.9. The highest BCUT2D eigenvalue weighted by Gasteiger charge is 2.39. The van der Waals surface area contributed by atoms with E-state index < -0.39 is 5.60 Å². The standard InChI is InChI=1S/C14H21NO2/c1-10-4-5-13(17-3)12(8-10)14(16)6-7-15-9-11(14)2/h4-5,8,11,15-16H,6-7,9H2,1-3H3. The quantitative estimate of drug-likeness (QED) is 0.821. The van der Waals surface area contributed by atoms with E-state index >= 15 is 0 Å². The van der Waals surface area contributed by atoms with E-state index in [1.54, 1.807) is 7.11 Å². The SMILES string of the molecule is COc1ccc(C)cc1C1(O)CCNCC1C. The van der Waals surface area contributed by atoms with Gasteiger partial charge in [0.25, 0.3) is 0 Å². The number of hydrogen-bond acceptors (Lipinski definition) is 3. The molecule has 3 nitrogen and oxygen atoms in total. The molecule has 17 heavy (non-hydrogen) atoms. The predicted molar refractivity (Wildman–Crippen MR) is 68.3 cm³/mol. The number of aryl methyl sites for hydroxylation is 1. The van der Waals surface area contributed by atoms with Gasteiger partial charge in [0.2, 0.25) is 0 Å². The van der Waals surface area contributed by atoms with Crippen molar-refractivity contribution in [1.82, 2.24) is 5.32 Å². The van der Waals surface area contributed by atoms with Crippen LogP contribution in [0.4, 0.5) is 0 Å². The minimum absolute atomic E-state index is 0.187. The third-order valence-corrected chi connectivity index (χ3v) is 3.77. The van der Waals surface area contributed by atoms with Gasteiger partial charge in [0.1, 0.15) is 5.75 Å². The lowest BCUT2D eigenvalue weighted by molar-refractivity contribution is -0.0408. The van der Waals surface area contributed by atoms with E-state index in [-0.39, 0.29) is 5.92 Å². The normalized spacial score (nSPS) is 29.1. The lowest BCUT2D eigenvalue weighted by atomic mass is 9.77. The Balaban J connectivity index is 2.46. The molecule has 0 radical (unpaired) electrons. The number of nitrogens with one attached hydrogen (secondary N) is 1. The molecular formula is C14H21NO2. The van der Waals surface area contributed by atoms with Gasteiger partial charge in [-0.15, -0.1) is 0 Å². The van der Waals surface area contributed by atoms with E-state index in [4.69, 9.17) is 4.74 Å². The van der Waals surface area contributed by atoms with Gasteiger partial charge >= 0.3 is 0 Å². The predicted octanol–water partition coefficient (Wildman–Crippen LogP) is 1.82. The Kier molecular flexibility index (Phi) is 3.40. The van der Waals surface area contributed by atoms with Crippen molar-refractivity contribution in [3.05, 3.63) is 29.3 Å². The van der Waals surface area contributed by atoms with Gasteiger partial charge in [-0.1, -0.05) is 18.6 Å². The molecule has 0 aromatic heterocycles. The zero-order valence-electron chi connectivity index (χ0n) is 10.8. The summed E-state index contributed by atoms with van der Waals surface area (Å²) >= 11 is 0. The van der Waals surface area contributed by atoms with Crippen LogP contribution in [0.2, 0.25) is 0 Å². The monoisotopic (exact) mass is 235 g/mol. The molecule has 0 saturated carbocycles. The van der Waals surface area contributed by atoms with Crippen molar-refractivity contribution in [1.29, 1.82) is 0 Å². The number of hydrogen-bond donors (Lipinski definition) is 2. The van der Waals surface area contributed by atoms with E-state index in [0.717, 1.165) is 36.4 Å². The Morgan fingerprint density at radius 1 is 1.47 bits per heavy atom. The van der Waals surface area contributed by atoms with Gasteiger partial charge in [-0.2, -0.15) is 0 Å². The van der Waals surface area contributed by atoms with Gasteiger partial charge in [0.15, 0.2) is 0 Å². The number of methoxy groups -OCH3 is 1. The van der Waals surface area contributed by atoms with Crippen LogP contribution in [-0.4, -0.2) is 25.3 Å². The molecule has 0 spiro atoms. The fourth-order valence-electron chi connectivity index (χ4n) is 2.57. The van der Waals surface area contributed by atoms with Crippen LogP contribution in [0.3, 0.4) is 0 Å². The van der Waals surface area contributed by atoms with Gasteiger partial charge < -0.3 is 15.2 Å². The number of rotatable bonds is 2. The smallest absolute Gasteiger partial charge is 0.124 e. The summed E-state index contributed by atoms with van der Waals surface area (Å²) in [5, 5.41) is 14.2. The van der Waals surface area contributed by atoms with E-state index in [9.17, 15) is 5.11 Å².